The van der Waals surface area contributed by atoms with E-state index in [-0.39, 0.29) is 6.04 Å². The Kier molecular flexibility index (Phi) is 8.80. The highest BCUT2D eigenvalue weighted by Crippen LogP contribution is 2.37. The number of amides is 1. The number of thiazole rings is 1. The van der Waals surface area contributed by atoms with Gasteiger partial charge in [-0.2, -0.15) is 9.97 Å². The molecule has 7 rings (SSSR count). The van der Waals surface area contributed by atoms with Crippen molar-refractivity contribution in [3.05, 3.63) is 75.1 Å². The Hall–Kier alpha value is -3.80. The molecule has 0 spiro atoms. The van der Waals surface area contributed by atoms with Gasteiger partial charge in [0.25, 0.3) is 5.91 Å². The average Bonchev–Trinajstić information content (AvgIpc) is 3.74. The second kappa shape index (κ2) is 13.1. The van der Waals surface area contributed by atoms with E-state index in [2.05, 4.69) is 57.9 Å². The average molecular weight is 662 g/mol. The Bertz CT molecular complexity index is 1760. The van der Waals surface area contributed by atoms with Crippen molar-refractivity contribution in [3.63, 3.8) is 0 Å². The van der Waals surface area contributed by atoms with Gasteiger partial charge in [0.2, 0.25) is 0 Å². The maximum atomic E-state index is 14.9. The lowest BCUT2D eigenvalue weighted by Gasteiger charge is -2.42. The highest BCUT2D eigenvalue weighted by atomic mass is 35.5. The van der Waals surface area contributed by atoms with Gasteiger partial charge in [0.15, 0.2) is 5.83 Å². The molecule has 2 saturated heterocycles. The zero-order chi connectivity index (χ0) is 31.8. The Balaban J connectivity index is 1.17. The van der Waals surface area contributed by atoms with Crippen LogP contribution >= 0.6 is 22.9 Å². The molecule has 0 N–H and O–H groups in total. The van der Waals surface area contributed by atoms with Gasteiger partial charge in [-0.3, -0.25) is 4.79 Å². The molecule has 0 bridgehead atoms. The van der Waals surface area contributed by atoms with E-state index >= 15 is 0 Å². The first-order valence-corrected chi connectivity index (χ1v) is 17.1. The van der Waals surface area contributed by atoms with Crippen molar-refractivity contribution < 1.29 is 13.9 Å². The van der Waals surface area contributed by atoms with Crippen LogP contribution in [0.3, 0.4) is 0 Å². The molecule has 0 radical (unpaired) electrons. The molecule has 1 amide bonds. The minimum Gasteiger partial charge on any atom is -0.462 e. The highest BCUT2D eigenvalue weighted by Gasteiger charge is 2.34. The molecule has 2 aromatic heterocycles. The maximum absolute atomic E-state index is 14.9. The molecular weight excluding hydrogens is 625 g/mol. The molecule has 12 heteroatoms. The molecule has 2 fully saturated rings. The van der Waals surface area contributed by atoms with Crippen LogP contribution < -0.4 is 14.5 Å². The molecule has 240 valence electrons. The number of piperazine rings is 1. The maximum Gasteiger partial charge on any atom is 0.318 e. The van der Waals surface area contributed by atoms with Crippen LogP contribution in [-0.2, 0) is 17.8 Å². The molecule has 5 heterocycles. The van der Waals surface area contributed by atoms with Gasteiger partial charge < -0.3 is 24.3 Å². The number of likely N-dealkylation sites (tertiary alicyclic amines) is 1. The van der Waals surface area contributed by atoms with E-state index < -0.39 is 11.7 Å². The van der Waals surface area contributed by atoms with Crippen molar-refractivity contribution in [2.24, 2.45) is 0 Å². The number of ether oxygens (including phenoxy) is 1. The summed E-state index contributed by atoms with van der Waals surface area (Å²) in [7, 11) is 2.13. The van der Waals surface area contributed by atoms with Crippen LogP contribution in [0.1, 0.15) is 36.0 Å². The van der Waals surface area contributed by atoms with E-state index in [1.807, 2.05) is 12.1 Å². The number of hydrogen-bond acceptors (Lipinski definition) is 9. The smallest absolute Gasteiger partial charge is 0.318 e. The summed E-state index contributed by atoms with van der Waals surface area (Å²) in [5.41, 5.74) is 3.10. The van der Waals surface area contributed by atoms with E-state index in [1.54, 1.807) is 16.5 Å². The quantitative estimate of drug-likeness (QED) is 0.229. The molecule has 3 aliphatic heterocycles. The molecule has 0 unspecified atom stereocenters. The summed E-state index contributed by atoms with van der Waals surface area (Å²) < 4.78 is 21.2. The third kappa shape index (κ3) is 6.15. The van der Waals surface area contributed by atoms with Crippen molar-refractivity contribution in [3.8, 4) is 6.01 Å². The van der Waals surface area contributed by atoms with Crippen LogP contribution in [0.5, 0.6) is 6.01 Å². The number of halogens is 2. The zero-order valence-corrected chi connectivity index (χ0v) is 27.6. The summed E-state index contributed by atoms with van der Waals surface area (Å²) in [5, 5.41) is 5.10. The number of carbonyl (C=O) groups is 1. The third-order valence-electron chi connectivity index (χ3n) is 9.36. The Labute approximate surface area is 277 Å². The SMILES string of the molecule is C[C@H]1CN(C(=O)C(F)=Cc2nccs2)CCN1c1nc(OC[C@@H]2CCCN2C)nc2c1CCN(c1cccc3cccc(Cl)c13)C2. The number of fused-ring (bicyclic) bond motifs is 2. The van der Waals surface area contributed by atoms with E-state index in [9.17, 15) is 9.18 Å². The lowest BCUT2D eigenvalue weighted by Crippen LogP contribution is -2.54. The minimum atomic E-state index is -0.795. The minimum absolute atomic E-state index is 0.0897. The number of rotatable bonds is 7. The monoisotopic (exact) mass is 661 g/mol. The number of nitrogens with zero attached hydrogens (tertiary/aromatic N) is 7. The zero-order valence-electron chi connectivity index (χ0n) is 26.0. The van der Waals surface area contributed by atoms with E-state index in [0.29, 0.717) is 49.8 Å². The van der Waals surface area contributed by atoms with Gasteiger partial charge in [0.1, 0.15) is 17.4 Å². The number of benzene rings is 2. The molecule has 46 heavy (non-hydrogen) atoms. The van der Waals surface area contributed by atoms with Crippen LogP contribution in [-0.4, -0.2) is 89.1 Å². The Morgan fingerprint density at radius 2 is 2.00 bits per heavy atom. The van der Waals surface area contributed by atoms with E-state index in [4.69, 9.17) is 26.3 Å². The predicted octanol–water partition coefficient (Wildman–Crippen LogP) is 5.82. The summed E-state index contributed by atoms with van der Waals surface area (Å²) in [6, 6.07) is 12.9. The Morgan fingerprint density at radius 1 is 1.15 bits per heavy atom. The van der Waals surface area contributed by atoms with Gasteiger partial charge in [-0.05, 0) is 57.3 Å². The van der Waals surface area contributed by atoms with Crippen molar-refractivity contribution in [1.82, 2.24) is 24.8 Å². The fraction of sp³-hybridized carbons (Fsp3) is 0.412. The molecule has 0 saturated carbocycles. The van der Waals surface area contributed by atoms with Gasteiger partial charge >= 0.3 is 6.01 Å². The summed E-state index contributed by atoms with van der Waals surface area (Å²) >= 11 is 8.01. The van der Waals surface area contributed by atoms with Gasteiger partial charge in [0, 0.05) is 72.6 Å². The largest absolute Gasteiger partial charge is 0.462 e. The first-order chi connectivity index (χ1) is 22.4. The number of likely N-dealkylation sites (N-methyl/N-ethyl adjacent to an activating group) is 1. The van der Waals surface area contributed by atoms with Crippen LogP contribution in [0.2, 0.25) is 5.02 Å². The summed E-state index contributed by atoms with van der Waals surface area (Å²) in [5.74, 6) is -0.564. The predicted molar refractivity (Wildman–Crippen MR) is 181 cm³/mol. The van der Waals surface area contributed by atoms with Crippen molar-refractivity contribution in [2.75, 3.05) is 56.2 Å². The number of anilines is 2. The van der Waals surface area contributed by atoms with Crippen LogP contribution in [0.25, 0.3) is 16.8 Å². The molecule has 2 aromatic carbocycles. The van der Waals surface area contributed by atoms with Gasteiger partial charge in [-0.25, -0.2) is 9.37 Å². The topological polar surface area (TPSA) is 77.9 Å². The lowest BCUT2D eigenvalue weighted by molar-refractivity contribution is -0.129. The molecule has 9 nitrogen and oxygen atoms in total. The fourth-order valence-corrected chi connectivity index (χ4v) is 7.71. The standard InChI is InChI=1S/C34H37ClFN7O2S/c1-22-19-42(33(44)27(36)18-30-37-12-17-46-30)15-16-43(22)32-25-11-14-41(29-10-4-7-23-6-3-9-26(35)31(23)29)20-28(25)38-34(39-32)45-21-24-8-5-13-40(24)2/h3-4,6-7,9-10,12,17-18,22,24H,5,8,11,13-16,19-21H2,1-2H3/t22-,24-/m0/s1. The third-order valence-corrected chi connectivity index (χ3v) is 10.4. The van der Waals surface area contributed by atoms with E-state index in [1.165, 1.54) is 17.4 Å². The Morgan fingerprint density at radius 3 is 2.76 bits per heavy atom. The molecular formula is C34H37ClFN7O2S. The highest BCUT2D eigenvalue weighted by molar-refractivity contribution is 7.10. The normalized spacial score (nSPS) is 20.8. The summed E-state index contributed by atoms with van der Waals surface area (Å²) in [6.45, 7) is 6.29. The number of hydrogen-bond donors (Lipinski definition) is 0. The van der Waals surface area contributed by atoms with Crippen molar-refractivity contribution >= 4 is 57.2 Å². The van der Waals surface area contributed by atoms with Crippen LogP contribution in [0.15, 0.2) is 53.8 Å². The molecule has 2 atom stereocenters. The summed E-state index contributed by atoms with van der Waals surface area (Å²) in [4.78, 5) is 35.5. The number of aromatic nitrogens is 3. The van der Waals surface area contributed by atoms with Crippen molar-refractivity contribution in [2.45, 2.75) is 44.8 Å². The lowest BCUT2D eigenvalue weighted by atomic mass is 10.0. The molecule has 3 aliphatic rings. The van der Waals surface area contributed by atoms with Crippen LogP contribution in [0, 0.1) is 0 Å². The van der Waals surface area contributed by atoms with Crippen LogP contribution in [0.4, 0.5) is 15.9 Å². The second-order valence-corrected chi connectivity index (χ2v) is 13.6. The molecule has 0 aliphatic carbocycles. The van der Waals surface area contributed by atoms with Gasteiger partial charge in [0.05, 0.1) is 17.3 Å². The molecule has 4 aromatic rings. The fourth-order valence-electron chi connectivity index (χ4n) is 6.88. The first kappa shape index (κ1) is 30.8. The summed E-state index contributed by atoms with van der Waals surface area (Å²) in [6.07, 6.45) is 5.80. The second-order valence-electron chi connectivity index (χ2n) is 12.3. The van der Waals surface area contributed by atoms with E-state index in [0.717, 1.165) is 70.9 Å². The first-order valence-electron chi connectivity index (χ1n) is 15.8. The number of carbonyl (C=O) groups excluding carboxylic acids is 1. The van der Waals surface area contributed by atoms with Gasteiger partial charge in [-0.15, -0.1) is 11.3 Å². The van der Waals surface area contributed by atoms with Gasteiger partial charge in [-0.1, -0.05) is 35.9 Å². The van der Waals surface area contributed by atoms with Crippen molar-refractivity contribution in [1.29, 1.82) is 0 Å².